The number of carbonyl (C=O) groups excluding carboxylic acids is 1. The van der Waals surface area contributed by atoms with Gasteiger partial charge in [-0.05, 0) is 49.6 Å². The number of piperidine rings is 1. The van der Waals surface area contributed by atoms with Crippen LogP contribution in [0.25, 0.3) is 0 Å². The fourth-order valence-corrected chi connectivity index (χ4v) is 5.03. The van der Waals surface area contributed by atoms with E-state index in [1.807, 2.05) is 0 Å². The highest BCUT2D eigenvalue weighted by Crippen LogP contribution is 2.28. The fraction of sp³-hybridized carbons (Fsp3) is 0.409. The number of ether oxygens (including phenoxy) is 2. The van der Waals surface area contributed by atoms with E-state index in [0.717, 1.165) is 12.8 Å². The van der Waals surface area contributed by atoms with E-state index in [0.29, 0.717) is 37.4 Å². The highest BCUT2D eigenvalue weighted by atomic mass is 32.2. The quantitative estimate of drug-likeness (QED) is 0.760. The average Bonchev–Trinajstić information content (AvgIpc) is 3.30. The van der Waals surface area contributed by atoms with Gasteiger partial charge in [-0.2, -0.15) is 0 Å². The van der Waals surface area contributed by atoms with Gasteiger partial charge in [0, 0.05) is 24.6 Å². The third kappa shape index (κ3) is 4.73. The number of hydrogen-bond donors (Lipinski definition) is 1. The molecule has 0 atom stereocenters. The number of amides is 1. The number of nitrogens with zero attached hydrogens (tertiary/aromatic N) is 1. The molecular formula is C22H25FN2O5S. The summed E-state index contributed by atoms with van der Waals surface area (Å²) >= 11 is 0. The van der Waals surface area contributed by atoms with E-state index in [9.17, 15) is 17.6 Å². The molecule has 2 aliphatic rings. The Kier molecular flexibility index (Phi) is 6.27. The lowest BCUT2D eigenvalue weighted by molar-refractivity contribution is -0.0956. The van der Waals surface area contributed by atoms with Crippen molar-refractivity contribution in [3.05, 3.63) is 59.4 Å². The van der Waals surface area contributed by atoms with Gasteiger partial charge in [0.1, 0.15) is 5.82 Å². The number of carbonyl (C=O) groups is 1. The molecule has 0 radical (unpaired) electrons. The van der Waals surface area contributed by atoms with Crippen LogP contribution in [0.15, 0.2) is 47.4 Å². The molecule has 0 aromatic heterocycles. The predicted molar refractivity (Wildman–Crippen MR) is 113 cm³/mol. The lowest BCUT2D eigenvalue weighted by Gasteiger charge is -2.34. The van der Waals surface area contributed by atoms with Crippen molar-refractivity contribution in [2.75, 3.05) is 31.0 Å². The summed E-state index contributed by atoms with van der Waals surface area (Å²) < 4.78 is 52.8. The van der Waals surface area contributed by atoms with E-state index in [-0.39, 0.29) is 28.7 Å². The van der Waals surface area contributed by atoms with Crippen LogP contribution in [0.3, 0.4) is 0 Å². The summed E-state index contributed by atoms with van der Waals surface area (Å²) in [6, 6.07) is 9.89. The van der Waals surface area contributed by atoms with Crippen molar-refractivity contribution in [3.8, 4) is 0 Å². The summed E-state index contributed by atoms with van der Waals surface area (Å²) in [6.07, 6.45) is 1.34. The monoisotopic (exact) mass is 448 g/mol. The van der Waals surface area contributed by atoms with Gasteiger partial charge < -0.3 is 14.4 Å². The lowest BCUT2D eigenvalue weighted by Crippen LogP contribution is -2.41. The summed E-state index contributed by atoms with van der Waals surface area (Å²) in [6.45, 7) is 4.07. The molecule has 31 heavy (non-hydrogen) atoms. The predicted octanol–water partition coefficient (Wildman–Crippen LogP) is 3.16. The number of rotatable bonds is 5. The van der Waals surface area contributed by atoms with Gasteiger partial charge in [-0.3, -0.25) is 9.52 Å². The Morgan fingerprint density at radius 3 is 2.45 bits per heavy atom. The van der Waals surface area contributed by atoms with E-state index >= 15 is 0 Å². The first-order valence-corrected chi connectivity index (χ1v) is 11.7. The Morgan fingerprint density at radius 1 is 1.10 bits per heavy atom. The zero-order chi connectivity index (χ0) is 22.0. The van der Waals surface area contributed by atoms with Crippen molar-refractivity contribution >= 4 is 21.6 Å². The van der Waals surface area contributed by atoms with Crippen LogP contribution in [0.2, 0.25) is 0 Å². The normalized spacial score (nSPS) is 18.3. The molecule has 0 aliphatic carbocycles. The van der Waals surface area contributed by atoms with Crippen LogP contribution in [-0.2, 0) is 19.5 Å². The molecule has 0 spiro atoms. The molecule has 1 N–H and O–H groups in total. The molecule has 2 aromatic rings. The molecule has 9 heteroatoms. The number of aryl methyl sites for hydroxylation is 1. The molecule has 2 aliphatic heterocycles. The van der Waals surface area contributed by atoms with Gasteiger partial charge in [0.15, 0.2) is 6.29 Å². The van der Waals surface area contributed by atoms with Crippen molar-refractivity contribution in [3.63, 3.8) is 0 Å². The van der Waals surface area contributed by atoms with Crippen LogP contribution in [0, 0.1) is 18.7 Å². The summed E-state index contributed by atoms with van der Waals surface area (Å²) in [7, 11) is -4.05. The Morgan fingerprint density at radius 2 is 1.77 bits per heavy atom. The Hall–Kier alpha value is -2.49. The first kappa shape index (κ1) is 21.7. The second-order valence-corrected chi connectivity index (χ2v) is 9.48. The SMILES string of the molecule is Cc1ccc(S(=O)(=O)Nc2ccccc2F)cc1C(=O)N1CCC(C2OCCO2)CC1. The fourth-order valence-electron chi connectivity index (χ4n) is 3.94. The lowest BCUT2D eigenvalue weighted by atomic mass is 9.95. The van der Waals surface area contributed by atoms with Crippen LogP contribution in [-0.4, -0.2) is 51.8 Å². The molecule has 2 aromatic carbocycles. The third-order valence-electron chi connectivity index (χ3n) is 5.73. The first-order valence-electron chi connectivity index (χ1n) is 10.3. The first-order chi connectivity index (χ1) is 14.8. The van der Waals surface area contributed by atoms with E-state index in [1.165, 1.54) is 36.4 Å². The van der Waals surface area contributed by atoms with Gasteiger partial charge in [-0.15, -0.1) is 0 Å². The Labute approximate surface area is 181 Å². The molecule has 7 nitrogen and oxygen atoms in total. The van der Waals surface area contributed by atoms with Crippen molar-refractivity contribution in [1.29, 1.82) is 0 Å². The van der Waals surface area contributed by atoms with Gasteiger partial charge in [-0.1, -0.05) is 18.2 Å². The van der Waals surface area contributed by atoms with Gasteiger partial charge >= 0.3 is 0 Å². The summed E-state index contributed by atoms with van der Waals surface area (Å²) in [5, 5.41) is 0. The molecule has 1 amide bonds. The number of halogens is 1. The standard InChI is InChI=1S/C22H25FN2O5S/c1-15-6-7-17(31(27,28)24-20-5-3-2-4-19(20)23)14-18(15)21(26)25-10-8-16(9-11-25)22-29-12-13-30-22/h2-7,14,16,22,24H,8-13H2,1H3. The zero-order valence-corrected chi connectivity index (χ0v) is 18.0. The topological polar surface area (TPSA) is 84.9 Å². The number of anilines is 1. The number of para-hydroxylation sites is 1. The van der Waals surface area contributed by atoms with Crippen molar-refractivity contribution in [2.24, 2.45) is 5.92 Å². The minimum Gasteiger partial charge on any atom is -0.350 e. The molecule has 4 rings (SSSR count). The minimum absolute atomic E-state index is 0.0904. The maximum absolute atomic E-state index is 13.9. The highest BCUT2D eigenvalue weighted by molar-refractivity contribution is 7.92. The van der Waals surface area contributed by atoms with E-state index in [4.69, 9.17) is 9.47 Å². The van der Waals surface area contributed by atoms with Crippen LogP contribution in [0.4, 0.5) is 10.1 Å². The van der Waals surface area contributed by atoms with Crippen LogP contribution >= 0.6 is 0 Å². The number of nitrogens with one attached hydrogen (secondary N) is 1. The Bertz CT molecular complexity index is 1060. The minimum atomic E-state index is -4.05. The second kappa shape index (κ2) is 8.94. The molecule has 0 saturated carbocycles. The van der Waals surface area contributed by atoms with Gasteiger partial charge in [0.2, 0.25) is 0 Å². The highest BCUT2D eigenvalue weighted by Gasteiger charge is 2.32. The summed E-state index contributed by atoms with van der Waals surface area (Å²) in [5.74, 6) is -0.635. The molecule has 0 bridgehead atoms. The molecule has 0 unspecified atom stereocenters. The summed E-state index contributed by atoms with van der Waals surface area (Å²) in [5.41, 5.74) is 0.858. The largest absolute Gasteiger partial charge is 0.350 e. The smallest absolute Gasteiger partial charge is 0.262 e. The maximum Gasteiger partial charge on any atom is 0.262 e. The molecule has 166 valence electrons. The molecule has 2 heterocycles. The van der Waals surface area contributed by atoms with Crippen molar-refractivity contribution < 1.29 is 27.1 Å². The van der Waals surface area contributed by atoms with Crippen LogP contribution in [0.5, 0.6) is 0 Å². The van der Waals surface area contributed by atoms with E-state index < -0.39 is 15.8 Å². The van der Waals surface area contributed by atoms with E-state index in [1.54, 1.807) is 17.9 Å². The second-order valence-electron chi connectivity index (χ2n) is 7.80. The van der Waals surface area contributed by atoms with Crippen LogP contribution < -0.4 is 4.72 Å². The van der Waals surface area contributed by atoms with Gasteiger partial charge in [0.05, 0.1) is 23.8 Å². The number of sulfonamides is 1. The average molecular weight is 449 g/mol. The maximum atomic E-state index is 13.9. The van der Waals surface area contributed by atoms with Crippen LogP contribution in [0.1, 0.15) is 28.8 Å². The zero-order valence-electron chi connectivity index (χ0n) is 17.2. The van der Waals surface area contributed by atoms with E-state index in [2.05, 4.69) is 4.72 Å². The van der Waals surface area contributed by atoms with Gasteiger partial charge in [0.25, 0.3) is 15.9 Å². The third-order valence-corrected chi connectivity index (χ3v) is 7.09. The number of likely N-dealkylation sites (tertiary alicyclic amines) is 1. The Balaban J connectivity index is 1.50. The summed E-state index contributed by atoms with van der Waals surface area (Å²) in [4.78, 5) is 14.8. The number of hydrogen-bond acceptors (Lipinski definition) is 5. The van der Waals surface area contributed by atoms with Crippen molar-refractivity contribution in [1.82, 2.24) is 4.90 Å². The van der Waals surface area contributed by atoms with Gasteiger partial charge in [-0.25, -0.2) is 12.8 Å². The number of benzene rings is 2. The molecule has 2 fully saturated rings. The molecular weight excluding hydrogens is 423 g/mol. The van der Waals surface area contributed by atoms with Crippen molar-refractivity contribution in [2.45, 2.75) is 31.0 Å². The molecule has 2 saturated heterocycles.